The van der Waals surface area contributed by atoms with Crippen LogP contribution in [0.2, 0.25) is 5.02 Å². The third-order valence-electron chi connectivity index (χ3n) is 6.60. The van der Waals surface area contributed by atoms with E-state index in [2.05, 4.69) is 0 Å². The lowest BCUT2D eigenvalue weighted by atomic mass is 9.84. The van der Waals surface area contributed by atoms with Crippen LogP contribution < -0.4 is 14.5 Å². The van der Waals surface area contributed by atoms with Gasteiger partial charge in [-0.1, -0.05) is 29.8 Å². The minimum absolute atomic E-state index is 0.0273. The van der Waals surface area contributed by atoms with Crippen LogP contribution in [0.5, 0.6) is 5.75 Å². The number of anilines is 2. The lowest BCUT2D eigenvalue weighted by Crippen LogP contribution is -2.47. The molecule has 3 aromatic rings. The first-order valence-electron chi connectivity index (χ1n) is 12.0. The normalized spacial score (nSPS) is 16.7. The van der Waals surface area contributed by atoms with Gasteiger partial charge in [0, 0.05) is 34.5 Å². The number of likely N-dealkylation sites (N-methyl/N-ethyl adjacent to an activating group) is 1. The predicted molar refractivity (Wildman–Crippen MR) is 142 cm³/mol. The van der Waals surface area contributed by atoms with Gasteiger partial charge in [0.25, 0.3) is 0 Å². The van der Waals surface area contributed by atoms with Crippen molar-refractivity contribution in [1.82, 2.24) is 0 Å². The van der Waals surface area contributed by atoms with Gasteiger partial charge in [0.15, 0.2) is 5.78 Å². The van der Waals surface area contributed by atoms with E-state index in [0.29, 0.717) is 35.0 Å². The molecule has 0 saturated carbocycles. The first-order valence-corrected chi connectivity index (χ1v) is 12.4. The molecule has 7 heteroatoms. The van der Waals surface area contributed by atoms with E-state index >= 15 is 0 Å². The van der Waals surface area contributed by atoms with Gasteiger partial charge in [-0.25, -0.2) is 0 Å². The van der Waals surface area contributed by atoms with Gasteiger partial charge in [0.1, 0.15) is 5.75 Å². The molecule has 4 rings (SSSR count). The average molecular weight is 505 g/mol. The van der Waals surface area contributed by atoms with Crippen LogP contribution in [0, 0.1) is 0 Å². The molecule has 2 atom stereocenters. The number of ether oxygens (including phenoxy) is 1. The molecule has 0 unspecified atom stereocenters. The van der Waals surface area contributed by atoms with E-state index in [-0.39, 0.29) is 30.1 Å². The molecule has 1 aliphatic rings. The number of benzene rings is 3. The Morgan fingerprint density at radius 2 is 1.67 bits per heavy atom. The third kappa shape index (κ3) is 5.14. The minimum atomic E-state index is -0.409. The number of rotatable bonds is 7. The SMILES string of the molecule is CCN(C(=O)[C@@H]1C[C@H](C)N(C(=O)CC(=O)c2ccc(OC)cc2)c2ccccc21)c1ccc(Cl)cc1. The Kier molecular flexibility index (Phi) is 7.75. The second-order valence-electron chi connectivity index (χ2n) is 8.85. The van der Waals surface area contributed by atoms with Crippen LogP contribution in [0.3, 0.4) is 0 Å². The zero-order valence-electron chi connectivity index (χ0n) is 20.6. The Hall–Kier alpha value is -3.64. The van der Waals surface area contributed by atoms with E-state index in [0.717, 1.165) is 11.3 Å². The summed E-state index contributed by atoms with van der Waals surface area (Å²) in [4.78, 5) is 43.4. The van der Waals surface area contributed by atoms with Crippen molar-refractivity contribution in [3.63, 3.8) is 0 Å². The summed E-state index contributed by atoms with van der Waals surface area (Å²) >= 11 is 6.04. The first kappa shape index (κ1) is 25.5. The van der Waals surface area contributed by atoms with Crippen LogP contribution in [0.4, 0.5) is 11.4 Å². The Labute approximate surface area is 216 Å². The van der Waals surface area contributed by atoms with Gasteiger partial charge in [-0.2, -0.15) is 0 Å². The van der Waals surface area contributed by atoms with E-state index < -0.39 is 5.92 Å². The van der Waals surface area contributed by atoms with Crippen LogP contribution in [-0.4, -0.2) is 37.3 Å². The van der Waals surface area contributed by atoms with Gasteiger partial charge in [-0.05, 0) is 80.4 Å². The van der Waals surface area contributed by atoms with Crippen LogP contribution in [0.15, 0.2) is 72.8 Å². The summed E-state index contributed by atoms with van der Waals surface area (Å²) in [5, 5.41) is 0.609. The molecular weight excluding hydrogens is 476 g/mol. The number of carbonyl (C=O) groups excluding carboxylic acids is 3. The van der Waals surface area contributed by atoms with Crippen LogP contribution in [-0.2, 0) is 9.59 Å². The van der Waals surface area contributed by atoms with Gasteiger partial charge in [-0.3, -0.25) is 14.4 Å². The predicted octanol–water partition coefficient (Wildman–Crippen LogP) is 5.88. The highest BCUT2D eigenvalue weighted by Gasteiger charge is 2.38. The molecule has 3 aromatic carbocycles. The number of carbonyl (C=O) groups is 3. The van der Waals surface area contributed by atoms with Crippen molar-refractivity contribution in [3.8, 4) is 5.75 Å². The van der Waals surface area contributed by atoms with Crippen molar-refractivity contribution in [2.75, 3.05) is 23.5 Å². The molecule has 0 saturated heterocycles. The van der Waals surface area contributed by atoms with E-state index in [4.69, 9.17) is 16.3 Å². The number of ketones is 1. The lowest BCUT2D eigenvalue weighted by molar-refractivity contribution is -0.121. The fourth-order valence-electron chi connectivity index (χ4n) is 4.80. The fraction of sp³-hybridized carbons (Fsp3) is 0.276. The summed E-state index contributed by atoms with van der Waals surface area (Å²) in [6.45, 7) is 4.36. The summed E-state index contributed by atoms with van der Waals surface area (Å²) in [5.74, 6) is -0.335. The van der Waals surface area contributed by atoms with E-state index in [1.165, 1.54) is 0 Å². The quantitative estimate of drug-likeness (QED) is 0.297. The molecule has 36 heavy (non-hydrogen) atoms. The zero-order chi connectivity index (χ0) is 25.8. The number of nitrogens with zero attached hydrogens (tertiary/aromatic N) is 2. The van der Waals surface area contributed by atoms with Crippen LogP contribution >= 0.6 is 11.6 Å². The maximum absolute atomic E-state index is 13.7. The summed E-state index contributed by atoms with van der Waals surface area (Å²) in [7, 11) is 1.56. The topological polar surface area (TPSA) is 66.9 Å². The molecule has 2 amide bonds. The smallest absolute Gasteiger partial charge is 0.235 e. The molecule has 0 bridgehead atoms. The van der Waals surface area contributed by atoms with E-state index in [1.807, 2.05) is 50.2 Å². The van der Waals surface area contributed by atoms with Crippen molar-refractivity contribution in [2.45, 2.75) is 38.6 Å². The number of fused-ring (bicyclic) bond motifs is 1. The van der Waals surface area contributed by atoms with Crippen molar-refractivity contribution in [3.05, 3.63) is 88.9 Å². The van der Waals surface area contributed by atoms with Gasteiger partial charge in [-0.15, -0.1) is 0 Å². The number of hydrogen-bond acceptors (Lipinski definition) is 4. The molecule has 186 valence electrons. The fourth-order valence-corrected chi connectivity index (χ4v) is 4.93. The first-order chi connectivity index (χ1) is 17.3. The standard InChI is InChI=1S/C29H29ClN2O4/c1-4-31(22-13-11-21(30)12-14-22)29(35)25-17-19(2)32(26-8-6-5-7-24(25)26)28(34)18-27(33)20-9-15-23(36-3)16-10-20/h5-16,19,25H,4,17-18H2,1-3H3/t19-,25+/m0/s1. The third-order valence-corrected chi connectivity index (χ3v) is 6.85. The molecule has 0 fully saturated rings. The lowest BCUT2D eigenvalue weighted by Gasteiger charge is -2.40. The minimum Gasteiger partial charge on any atom is -0.497 e. The molecule has 0 aromatic heterocycles. The second kappa shape index (κ2) is 11.0. The highest BCUT2D eigenvalue weighted by molar-refractivity contribution is 6.30. The van der Waals surface area contributed by atoms with Crippen molar-refractivity contribution in [2.24, 2.45) is 0 Å². The van der Waals surface area contributed by atoms with Crippen LogP contribution in [0.1, 0.15) is 48.5 Å². The highest BCUT2D eigenvalue weighted by atomic mass is 35.5. The molecule has 0 N–H and O–H groups in total. The maximum Gasteiger partial charge on any atom is 0.235 e. The number of methoxy groups -OCH3 is 1. The van der Waals surface area contributed by atoms with Gasteiger partial charge < -0.3 is 14.5 Å². The summed E-state index contributed by atoms with van der Waals surface area (Å²) in [6, 6.07) is 21.1. The zero-order valence-corrected chi connectivity index (χ0v) is 21.4. The summed E-state index contributed by atoms with van der Waals surface area (Å²) in [6.07, 6.45) is 0.206. The number of Topliss-reactive ketones (excluding diaryl/α,β-unsaturated/α-hetero) is 1. The van der Waals surface area contributed by atoms with Gasteiger partial charge >= 0.3 is 0 Å². The Bertz CT molecular complexity index is 1260. The monoisotopic (exact) mass is 504 g/mol. The van der Waals surface area contributed by atoms with Gasteiger partial charge in [0.2, 0.25) is 11.8 Å². The Morgan fingerprint density at radius 1 is 1.00 bits per heavy atom. The highest BCUT2D eigenvalue weighted by Crippen LogP contribution is 2.40. The number of halogens is 1. The Morgan fingerprint density at radius 3 is 2.31 bits per heavy atom. The second-order valence-corrected chi connectivity index (χ2v) is 9.28. The molecule has 0 spiro atoms. The van der Waals surface area contributed by atoms with Crippen molar-refractivity contribution >= 4 is 40.6 Å². The van der Waals surface area contributed by atoms with Crippen molar-refractivity contribution in [1.29, 1.82) is 0 Å². The number of amides is 2. The molecule has 1 aliphatic heterocycles. The van der Waals surface area contributed by atoms with Crippen molar-refractivity contribution < 1.29 is 19.1 Å². The molecule has 6 nitrogen and oxygen atoms in total. The Balaban J connectivity index is 1.59. The number of para-hydroxylation sites is 1. The maximum atomic E-state index is 13.7. The molecule has 1 heterocycles. The van der Waals surface area contributed by atoms with E-state index in [1.54, 1.807) is 53.3 Å². The van der Waals surface area contributed by atoms with Gasteiger partial charge in [0.05, 0.1) is 19.4 Å². The molecule has 0 aliphatic carbocycles. The largest absolute Gasteiger partial charge is 0.497 e. The average Bonchev–Trinajstić information content (AvgIpc) is 2.89. The molecule has 0 radical (unpaired) electrons. The molecular formula is C29H29ClN2O4. The summed E-state index contributed by atoms with van der Waals surface area (Å²) < 4.78 is 5.14. The van der Waals surface area contributed by atoms with Crippen LogP contribution in [0.25, 0.3) is 0 Å². The summed E-state index contributed by atoms with van der Waals surface area (Å²) in [5.41, 5.74) is 2.70. The van der Waals surface area contributed by atoms with E-state index in [9.17, 15) is 14.4 Å². The number of hydrogen-bond donors (Lipinski definition) is 0.